The maximum Gasteiger partial charge on any atom is 0.193 e. The lowest BCUT2D eigenvalue weighted by molar-refractivity contribution is 0.0242. The predicted molar refractivity (Wildman–Crippen MR) is 160 cm³/mol. The summed E-state index contributed by atoms with van der Waals surface area (Å²) in [4.78, 5) is 18.3. The van der Waals surface area contributed by atoms with E-state index in [0.717, 1.165) is 64.7 Å². The van der Waals surface area contributed by atoms with Crippen molar-refractivity contribution in [2.45, 2.75) is 114 Å². The molecule has 0 bridgehead atoms. The molecule has 2 aliphatic heterocycles. The number of nitrogens with zero attached hydrogens (tertiary/aromatic N) is 2. The molecule has 228 valence electrons. The minimum absolute atomic E-state index is 0.0479. The van der Waals surface area contributed by atoms with Crippen LogP contribution in [-0.4, -0.2) is 66.1 Å². The van der Waals surface area contributed by atoms with E-state index in [9.17, 15) is 4.79 Å². The van der Waals surface area contributed by atoms with Crippen molar-refractivity contribution >= 4 is 5.78 Å². The monoisotopic (exact) mass is 580 g/mol. The Bertz CT molecular complexity index is 1120. The lowest BCUT2D eigenvalue weighted by Gasteiger charge is -2.41. The van der Waals surface area contributed by atoms with Crippen molar-refractivity contribution in [3.8, 4) is 11.5 Å². The second-order valence-corrected chi connectivity index (χ2v) is 12.8. The van der Waals surface area contributed by atoms with Gasteiger partial charge >= 0.3 is 0 Å². The van der Waals surface area contributed by atoms with Crippen LogP contribution in [0.3, 0.4) is 0 Å². The first-order valence-electron chi connectivity index (χ1n) is 16.5. The van der Waals surface area contributed by atoms with Gasteiger partial charge in [-0.1, -0.05) is 25.7 Å². The molecule has 0 aromatic heterocycles. The Hall–Kier alpha value is -2.51. The number of hydrogen-bond donors (Lipinski definition) is 0. The van der Waals surface area contributed by atoms with Crippen LogP contribution in [0.4, 0.5) is 8.78 Å². The van der Waals surface area contributed by atoms with Crippen molar-refractivity contribution in [3.63, 3.8) is 0 Å². The number of carbonyl (C=O) groups is 1. The van der Waals surface area contributed by atoms with Gasteiger partial charge in [0.15, 0.2) is 28.9 Å². The Labute approximate surface area is 249 Å². The molecule has 2 heterocycles. The zero-order chi connectivity index (χ0) is 28.9. The maximum atomic E-state index is 15.3. The molecule has 0 N–H and O–H groups in total. The van der Waals surface area contributed by atoms with E-state index in [-0.39, 0.29) is 34.8 Å². The Morgan fingerprint density at radius 1 is 0.571 bits per heavy atom. The molecule has 6 rings (SSSR count). The summed E-state index contributed by atoms with van der Waals surface area (Å²) in [5.74, 6) is -1.15. The van der Waals surface area contributed by atoms with E-state index in [1.54, 1.807) is 24.3 Å². The Morgan fingerprint density at radius 2 is 0.976 bits per heavy atom. The van der Waals surface area contributed by atoms with Gasteiger partial charge in [0.05, 0.1) is 0 Å². The molecule has 7 heteroatoms. The lowest BCUT2D eigenvalue weighted by atomic mass is 9.90. The van der Waals surface area contributed by atoms with Crippen LogP contribution >= 0.6 is 0 Å². The van der Waals surface area contributed by atoms with Crippen LogP contribution in [0.2, 0.25) is 0 Å². The fourth-order valence-electron chi connectivity index (χ4n) is 7.73. The van der Waals surface area contributed by atoms with Crippen molar-refractivity contribution in [1.82, 2.24) is 9.80 Å². The third kappa shape index (κ3) is 6.83. The molecule has 2 saturated carbocycles. The number of rotatable bonds is 8. The van der Waals surface area contributed by atoms with E-state index in [1.807, 2.05) is 0 Å². The minimum Gasteiger partial charge on any atom is -0.486 e. The van der Waals surface area contributed by atoms with Gasteiger partial charge < -0.3 is 9.47 Å². The summed E-state index contributed by atoms with van der Waals surface area (Å²) in [6.07, 6.45) is 15.8. The molecular weight excluding hydrogens is 534 g/mol. The quantitative estimate of drug-likeness (QED) is 0.302. The summed E-state index contributed by atoms with van der Waals surface area (Å²) < 4.78 is 43.0. The molecule has 5 nitrogen and oxygen atoms in total. The molecule has 4 fully saturated rings. The molecule has 2 saturated heterocycles. The highest BCUT2D eigenvalue weighted by molar-refractivity contribution is 6.09. The van der Waals surface area contributed by atoms with Crippen LogP contribution in [0, 0.1) is 11.6 Å². The molecule has 0 unspecified atom stereocenters. The van der Waals surface area contributed by atoms with E-state index >= 15 is 8.78 Å². The summed E-state index contributed by atoms with van der Waals surface area (Å²) in [5, 5.41) is 0. The van der Waals surface area contributed by atoms with E-state index in [2.05, 4.69) is 9.80 Å². The average Bonchev–Trinajstić information content (AvgIpc) is 3.04. The molecule has 42 heavy (non-hydrogen) atoms. The maximum absolute atomic E-state index is 15.3. The van der Waals surface area contributed by atoms with E-state index in [0.29, 0.717) is 12.1 Å². The van der Waals surface area contributed by atoms with E-state index in [4.69, 9.17) is 9.47 Å². The SMILES string of the molecule is O=C(c1ccc(O[C@@H]2CCCC[C@H]2N2CCCCC2)c(F)c1)c1ccc(O[C@@H]2CCCC[C@H]2N2CCCCC2)c(F)c1. The van der Waals surface area contributed by atoms with Gasteiger partial charge in [-0.25, -0.2) is 8.78 Å². The number of carbonyl (C=O) groups excluding carboxylic acids is 1. The van der Waals surface area contributed by atoms with Gasteiger partial charge in [-0.3, -0.25) is 14.6 Å². The lowest BCUT2D eigenvalue weighted by Crippen LogP contribution is -2.49. The van der Waals surface area contributed by atoms with Crippen molar-refractivity contribution in [2.24, 2.45) is 0 Å². The largest absolute Gasteiger partial charge is 0.486 e. The average molecular weight is 581 g/mol. The number of piperidine rings is 2. The third-order valence-corrected chi connectivity index (χ3v) is 10.00. The highest BCUT2D eigenvalue weighted by Crippen LogP contribution is 2.33. The fourth-order valence-corrected chi connectivity index (χ4v) is 7.73. The summed E-state index contributed by atoms with van der Waals surface area (Å²) >= 11 is 0. The molecule has 2 aromatic rings. The summed E-state index contributed by atoms with van der Waals surface area (Å²) in [5.41, 5.74) is 0.364. The fraction of sp³-hybridized carbons (Fsp3) is 0.629. The number of ketones is 1. The van der Waals surface area contributed by atoms with Crippen molar-refractivity contribution in [3.05, 3.63) is 59.2 Å². The van der Waals surface area contributed by atoms with Crippen molar-refractivity contribution < 1.29 is 23.0 Å². The van der Waals surface area contributed by atoms with Crippen LogP contribution in [0.25, 0.3) is 0 Å². The predicted octanol–water partition coefficient (Wildman–Crippen LogP) is 7.55. The zero-order valence-electron chi connectivity index (χ0n) is 24.9. The summed E-state index contributed by atoms with van der Waals surface area (Å²) in [6.45, 7) is 4.34. The highest BCUT2D eigenvalue weighted by Gasteiger charge is 2.34. The van der Waals surface area contributed by atoms with Gasteiger partial charge in [0.2, 0.25) is 0 Å². The first-order chi connectivity index (χ1) is 20.6. The number of halogens is 2. The summed E-state index contributed by atoms with van der Waals surface area (Å²) in [7, 11) is 0. The van der Waals surface area contributed by atoms with E-state index in [1.165, 1.54) is 63.5 Å². The smallest absolute Gasteiger partial charge is 0.193 e. The van der Waals surface area contributed by atoms with Gasteiger partial charge in [0.25, 0.3) is 0 Å². The molecule has 0 amide bonds. The van der Waals surface area contributed by atoms with Gasteiger partial charge in [-0.05, 0) is 127 Å². The van der Waals surface area contributed by atoms with Gasteiger partial charge in [-0.15, -0.1) is 0 Å². The van der Waals surface area contributed by atoms with Gasteiger partial charge in [0.1, 0.15) is 12.2 Å². The topological polar surface area (TPSA) is 42.0 Å². The Balaban J connectivity index is 1.11. The van der Waals surface area contributed by atoms with Gasteiger partial charge in [-0.2, -0.15) is 0 Å². The Morgan fingerprint density at radius 3 is 1.38 bits per heavy atom. The molecule has 2 aromatic carbocycles. The minimum atomic E-state index is -0.551. The summed E-state index contributed by atoms with van der Waals surface area (Å²) in [6, 6.07) is 9.37. The number of likely N-dealkylation sites (tertiary alicyclic amines) is 2. The zero-order valence-corrected chi connectivity index (χ0v) is 24.9. The highest BCUT2D eigenvalue weighted by atomic mass is 19.1. The van der Waals surface area contributed by atoms with Crippen LogP contribution in [0.1, 0.15) is 106 Å². The second-order valence-electron chi connectivity index (χ2n) is 12.8. The first-order valence-corrected chi connectivity index (χ1v) is 16.5. The van der Waals surface area contributed by atoms with Crippen molar-refractivity contribution in [2.75, 3.05) is 26.2 Å². The van der Waals surface area contributed by atoms with Gasteiger partial charge in [0, 0.05) is 23.2 Å². The van der Waals surface area contributed by atoms with Crippen LogP contribution in [0.15, 0.2) is 36.4 Å². The molecule has 0 spiro atoms. The number of benzene rings is 2. The van der Waals surface area contributed by atoms with E-state index < -0.39 is 17.4 Å². The Kier molecular flexibility index (Phi) is 9.75. The van der Waals surface area contributed by atoms with Crippen LogP contribution < -0.4 is 9.47 Å². The molecule has 2 aliphatic carbocycles. The number of ether oxygens (including phenoxy) is 2. The molecule has 0 radical (unpaired) electrons. The van der Waals surface area contributed by atoms with Crippen LogP contribution in [-0.2, 0) is 0 Å². The van der Waals surface area contributed by atoms with Crippen LogP contribution in [0.5, 0.6) is 11.5 Å². The molecular formula is C35H46F2N2O3. The molecule has 4 atom stereocenters. The second kappa shape index (κ2) is 13.9. The standard InChI is InChI=1S/C35H46F2N2O3/c36-27-23-25(15-17-31(27)41-33-13-5-3-11-29(33)38-19-7-1-8-20-38)35(40)26-16-18-32(28(37)24-26)42-34-14-6-4-12-30(34)39-21-9-2-10-22-39/h15-18,23-24,29-30,33-34H,1-14,19-22H2/t29-,30-,33-,34-/m1/s1. The molecule has 4 aliphatic rings. The normalized spacial score (nSPS) is 27.9. The first kappa shape index (κ1) is 29.6. The van der Waals surface area contributed by atoms with Crippen molar-refractivity contribution in [1.29, 1.82) is 0 Å². The third-order valence-electron chi connectivity index (χ3n) is 10.00. The number of hydrogen-bond acceptors (Lipinski definition) is 5.